The van der Waals surface area contributed by atoms with Crippen LogP contribution in [0, 0.1) is 6.92 Å². The van der Waals surface area contributed by atoms with Crippen molar-refractivity contribution in [2.24, 2.45) is 5.10 Å². The molecule has 0 atom stereocenters. The van der Waals surface area contributed by atoms with Crippen LogP contribution in [0.5, 0.6) is 11.5 Å². The van der Waals surface area contributed by atoms with Crippen LogP contribution >= 0.6 is 15.9 Å². The molecule has 0 aliphatic heterocycles. The summed E-state index contributed by atoms with van der Waals surface area (Å²) in [6, 6.07) is 10.9. The highest BCUT2D eigenvalue weighted by atomic mass is 79.9. The Morgan fingerprint density at radius 3 is 2.80 bits per heavy atom. The summed E-state index contributed by atoms with van der Waals surface area (Å²) in [5.41, 5.74) is 4.66. The standard InChI is InChI=1S/C19H19BrN2O3/c1-4-9-25-17-8-6-15(20)11-14(17)12-21-22-19(23)16-7-5-13(2)10-18(16)24-3/h4-8,10-12H,1,9H2,2-3H3,(H,22,23)/b21-12-. The smallest absolute Gasteiger partial charge is 0.275 e. The van der Waals surface area contributed by atoms with Gasteiger partial charge in [-0.15, -0.1) is 0 Å². The maximum atomic E-state index is 12.3. The molecule has 6 heteroatoms. The number of methoxy groups -OCH3 is 1. The van der Waals surface area contributed by atoms with Gasteiger partial charge in [0.15, 0.2) is 0 Å². The molecule has 0 bridgehead atoms. The van der Waals surface area contributed by atoms with Crippen molar-refractivity contribution in [3.63, 3.8) is 0 Å². The Balaban J connectivity index is 2.14. The molecule has 0 aliphatic rings. The van der Waals surface area contributed by atoms with E-state index in [1.807, 2.05) is 31.2 Å². The van der Waals surface area contributed by atoms with E-state index < -0.39 is 0 Å². The van der Waals surface area contributed by atoms with Crippen LogP contribution < -0.4 is 14.9 Å². The summed E-state index contributed by atoms with van der Waals surface area (Å²) >= 11 is 3.41. The number of hydrogen-bond acceptors (Lipinski definition) is 4. The number of carbonyl (C=O) groups is 1. The van der Waals surface area contributed by atoms with Crippen molar-refractivity contribution in [1.29, 1.82) is 0 Å². The van der Waals surface area contributed by atoms with E-state index >= 15 is 0 Å². The van der Waals surface area contributed by atoms with Crippen molar-refractivity contribution in [3.05, 3.63) is 70.2 Å². The van der Waals surface area contributed by atoms with Gasteiger partial charge in [-0.25, -0.2) is 5.43 Å². The number of nitrogens with one attached hydrogen (secondary N) is 1. The first-order chi connectivity index (χ1) is 12.0. The first-order valence-corrected chi connectivity index (χ1v) is 8.35. The molecule has 1 amide bonds. The first-order valence-electron chi connectivity index (χ1n) is 7.56. The fourth-order valence-electron chi connectivity index (χ4n) is 2.11. The van der Waals surface area contributed by atoms with Crippen molar-refractivity contribution in [2.45, 2.75) is 6.92 Å². The van der Waals surface area contributed by atoms with E-state index in [0.717, 1.165) is 15.6 Å². The summed E-state index contributed by atoms with van der Waals surface area (Å²) in [6.45, 7) is 5.94. The fraction of sp³-hybridized carbons (Fsp3) is 0.158. The molecule has 130 valence electrons. The molecule has 0 heterocycles. The molecule has 2 rings (SSSR count). The third kappa shape index (κ3) is 5.19. The molecule has 25 heavy (non-hydrogen) atoms. The van der Waals surface area contributed by atoms with Crippen molar-refractivity contribution in [2.75, 3.05) is 13.7 Å². The van der Waals surface area contributed by atoms with Gasteiger partial charge in [-0.05, 0) is 42.8 Å². The number of hydrogen-bond donors (Lipinski definition) is 1. The molecule has 5 nitrogen and oxygen atoms in total. The minimum atomic E-state index is -0.350. The average molecular weight is 403 g/mol. The van der Waals surface area contributed by atoms with Gasteiger partial charge >= 0.3 is 0 Å². The molecule has 2 aromatic carbocycles. The van der Waals surface area contributed by atoms with Gasteiger partial charge in [0.1, 0.15) is 18.1 Å². The number of carbonyl (C=O) groups excluding carboxylic acids is 1. The number of aryl methyl sites for hydroxylation is 1. The lowest BCUT2D eigenvalue weighted by molar-refractivity contribution is 0.0952. The summed E-state index contributed by atoms with van der Waals surface area (Å²) in [5, 5.41) is 4.02. The first kappa shape index (κ1) is 18.7. The molecule has 0 radical (unpaired) electrons. The Labute approximate surface area is 155 Å². The summed E-state index contributed by atoms with van der Waals surface area (Å²) in [6.07, 6.45) is 3.19. The summed E-state index contributed by atoms with van der Waals surface area (Å²) in [7, 11) is 1.53. The third-order valence-corrected chi connectivity index (χ3v) is 3.79. The molecular weight excluding hydrogens is 384 g/mol. The predicted molar refractivity (Wildman–Crippen MR) is 103 cm³/mol. The van der Waals surface area contributed by atoms with Gasteiger partial charge in [-0.2, -0.15) is 5.10 Å². The van der Waals surface area contributed by atoms with Crippen molar-refractivity contribution in [1.82, 2.24) is 5.43 Å². The van der Waals surface area contributed by atoms with E-state index in [2.05, 4.69) is 33.0 Å². The van der Waals surface area contributed by atoms with Crippen LogP contribution in [0.4, 0.5) is 0 Å². The maximum absolute atomic E-state index is 12.3. The number of hydrazone groups is 1. The van der Waals surface area contributed by atoms with Crippen LogP contribution in [-0.4, -0.2) is 25.8 Å². The van der Waals surface area contributed by atoms with Gasteiger partial charge in [0, 0.05) is 10.0 Å². The molecule has 0 spiro atoms. The minimum absolute atomic E-state index is 0.350. The van der Waals surface area contributed by atoms with Crippen LogP contribution in [0.1, 0.15) is 21.5 Å². The second kappa shape index (κ2) is 9.03. The van der Waals surface area contributed by atoms with Crippen molar-refractivity contribution in [3.8, 4) is 11.5 Å². The second-order valence-corrected chi connectivity index (χ2v) is 6.10. The molecule has 0 aliphatic carbocycles. The highest BCUT2D eigenvalue weighted by Gasteiger charge is 2.11. The monoisotopic (exact) mass is 402 g/mol. The number of halogens is 1. The summed E-state index contributed by atoms with van der Waals surface area (Å²) < 4.78 is 11.7. The van der Waals surface area contributed by atoms with E-state index in [-0.39, 0.29) is 5.91 Å². The normalized spacial score (nSPS) is 10.5. The van der Waals surface area contributed by atoms with E-state index in [1.54, 1.807) is 18.2 Å². The van der Waals surface area contributed by atoms with Crippen molar-refractivity contribution >= 4 is 28.1 Å². The van der Waals surface area contributed by atoms with E-state index in [1.165, 1.54) is 13.3 Å². The van der Waals surface area contributed by atoms with E-state index in [4.69, 9.17) is 9.47 Å². The quantitative estimate of drug-likeness (QED) is 0.430. The maximum Gasteiger partial charge on any atom is 0.275 e. The molecule has 1 N–H and O–H groups in total. The van der Waals surface area contributed by atoms with Gasteiger partial charge in [-0.1, -0.05) is 34.7 Å². The fourth-order valence-corrected chi connectivity index (χ4v) is 2.49. The number of nitrogens with zero attached hydrogens (tertiary/aromatic N) is 1. The Bertz CT molecular complexity index is 803. The zero-order chi connectivity index (χ0) is 18.2. The highest BCUT2D eigenvalue weighted by Crippen LogP contribution is 2.22. The third-order valence-electron chi connectivity index (χ3n) is 3.30. The summed E-state index contributed by atoms with van der Waals surface area (Å²) in [4.78, 5) is 12.3. The van der Waals surface area contributed by atoms with Gasteiger partial charge in [-0.3, -0.25) is 4.79 Å². The Morgan fingerprint density at radius 2 is 2.08 bits per heavy atom. The Kier molecular flexibility index (Phi) is 6.77. The lowest BCUT2D eigenvalue weighted by Crippen LogP contribution is -2.18. The van der Waals surface area contributed by atoms with E-state index in [9.17, 15) is 4.79 Å². The average Bonchev–Trinajstić information content (AvgIpc) is 2.60. The van der Waals surface area contributed by atoms with Crippen LogP contribution in [0.25, 0.3) is 0 Å². The highest BCUT2D eigenvalue weighted by molar-refractivity contribution is 9.10. The summed E-state index contributed by atoms with van der Waals surface area (Å²) in [5.74, 6) is 0.802. The van der Waals surface area contributed by atoms with E-state index in [0.29, 0.717) is 23.7 Å². The van der Waals surface area contributed by atoms with Crippen molar-refractivity contribution < 1.29 is 14.3 Å². The predicted octanol–water partition coefficient (Wildman–Crippen LogP) is 4.09. The zero-order valence-corrected chi connectivity index (χ0v) is 15.7. The topological polar surface area (TPSA) is 59.9 Å². The van der Waals surface area contributed by atoms with Crippen LogP contribution in [-0.2, 0) is 0 Å². The SMILES string of the molecule is C=CCOc1ccc(Br)cc1/C=N\NC(=O)c1ccc(C)cc1OC. The molecule has 0 fully saturated rings. The van der Waals surface area contributed by atoms with Crippen LogP contribution in [0.2, 0.25) is 0 Å². The van der Waals surface area contributed by atoms with Crippen LogP contribution in [0.15, 0.2) is 58.6 Å². The Hall–Kier alpha value is -2.60. The van der Waals surface area contributed by atoms with Gasteiger partial charge in [0.25, 0.3) is 5.91 Å². The number of ether oxygens (including phenoxy) is 2. The Morgan fingerprint density at radius 1 is 1.28 bits per heavy atom. The molecule has 0 saturated carbocycles. The second-order valence-electron chi connectivity index (χ2n) is 5.18. The lowest BCUT2D eigenvalue weighted by atomic mass is 10.1. The minimum Gasteiger partial charge on any atom is -0.496 e. The number of amides is 1. The van der Waals surface area contributed by atoms with Gasteiger partial charge in [0.2, 0.25) is 0 Å². The molecule has 0 aromatic heterocycles. The molecule has 0 unspecified atom stereocenters. The largest absolute Gasteiger partial charge is 0.496 e. The molecular formula is C19H19BrN2O3. The molecule has 2 aromatic rings. The van der Waals surface area contributed by atoms with Crippen LogP contribution in [0.3, 0.4) is 0 Å². The number of rotatable bonds is 7. The zero-order valence-electron chi connectivity index (χ0n) is 14.1. The lowest BCUT2D eigenvalue weighted by Gasteiger charge is -2.09. The van der Waals surface area contributed by atoms with Gasteiger partial charge < -0.3 is 9.47 Å². The van der Waals surface area contributed by atoms with Gasteiger partial charge in [0.05, 0.1) is 18.9 Å². The number of benzene rings is 2. The molecule has 0 saturated heterocycles.